The molecule has 0 amide bonds. The van der Waals surface area contributed by atoms with Gasteiger partial charge in [-0.2, -0.15) is 0 Å². The Balaban J connectivity index is 2.00. The van der Waals surface area contributed by atoms with E-state index < -0.39 is 18.0 Å². The van der Waals surface area contributed by atoms with E-state index in [0.29, 0.717) is 11.4 Å². The maximum Gasteiger partial charge on any atom is 0.347 e. The van der Waals surface area contributed by atoms with Crippen molar-refractivity contribution in [3.8, 4) is 0 Å². The van der Waals surface area contributed by atoms with Crippen LogP contribution in [-0.4, -0.2) is 29.1 Å². The molecular formula is C17H20ClNO4. The number of nitrogens with one attached hydrogen (secondary N) is 1. The molecule has 0 radical (unpaired) electrons. The van der Waals surface area contributed by atoms with Crippen LogP contribution >= 0.6 is 11.6 Å². The number of rotatable bonds is 6. The molecule has 1 heterocycles. The van der Waals surface area contributed by atoms with Crippen LogP contribution in [-0.2, 0) is 25.5 Å². The summed E-state index contributed by atoms with van der Waals surface area (Å²) >= 11 is 6.17. The molecule has 0 aliphatic rings. The fourth-order valence-electron chi connectivity index (χ4n) is 2.17. The Morgan fingerprint density at radius 2 is 2.00 bits per heavy atom. The van der Waals surface area contributed by atoms with Crippen LogP contribution in [0.4, 0.5) is 0 Å². The Bertz CT molecular complexity index is 710. The average Bonchev–Trinajstić information content (AvgIpc) is 2.91. The maximum atomic E-state index is 12.0. The van der Waals surface area contributed by atoms with Gasteiger partial charge >= 0.3 is 11.9 Å². The number of fused-ring (bicyclic) bond motifs is 1. The van der Waals surface area contributed by atoms with Gasteiger partial charge in [0.2, 0.25) is 0 Å². The summed E-state index contributed by atoms with van der Waals surface area (Å²) in [6.45, 7) is 5.21. The molecule has 1 aromatic carbocycles. The Morgan fingerprint density at radius 1 is 1.26 bits per heavy atom. The zero-order valence-corrected chi connectivity index (χ0v) is 14.1. The van der Waals surface area contributed by atoms with Gasteiger partial charge in [-0.25, -0.2) is 4.79 Å². The molecule has 6 heteroatoms. The Hall–Kier alpha value is -2.01. The minimum atomic E-state index is -0.933. The number of aromatic amines is 1. The Kier molecular flexibility index (Phi) is 5.66. The van der Waals surface area contributed by atoms with Crippen LogP contribution in [0.2, 0.25) is 5.02 Å². The molecule has 0 saturated heterocycles. The van der Waals surface area contributed by atoms with Crippen molar-refractivity contribution in [3.05, 3.63) is 35.0 Å². The van der Waals surface area contributed by atoms with Crippen molar-refractivity contribution in [2.24, 2.45) is 0 Å². The Labute approximate surface area is 139 Å². The normalized spacial score (nSPS) is 13.6. The lowest BCUT2D eigenvalue weighted by molar-refractivity contribution is -0.169. The predicted octanol–water partition coefficient (Wildman–Crippen LogP) is 3.64. The SMILES string of the molecule is CC[C@H](C)OC(=O)[C@H](C)OC(=O)Cc1c[nH]c2cccc(Cl)c12. The highest BCUT2D eigenvalue weighted by atomic mass is 35.5. The molecule has 2 rings (SSSR count). The second-order valence-corrected chi connectivity index (χ2v) is 5.85. The van der Waals surface area contributed by atoms with E-state index in [9.17, 15) is 9.59 Å². The summed E-state index contributed by atoms with van der Waals surface area (Å²) in [5, 5.41) is 1.36. The number of hydrogen-bond donors (Lipinski definition) is 1. The molecule has 1 N–H and O–H groups in total. The molecule has 1 aromatic heterocycles. The number of aromatic nitrogens is 1. The summed E-state index contributed by atoms with van der Waals surface area (Å²) in [6.07, 6.45) is 1.33. The highest BCUT2D eigenvalue weighted by molar-refractivity contribution is 6.35. The Morgan fingerprint density at radius 3 is 2.70 bits per heavy atom. The van der Waals surface area contributed by atoms with E-state index in [-0.39, 0.29) is 12.5 Å². The first kappa shape index (κ1) is 17.3. The maximum absolute atomic E-state index is 12.0. The smallest absolute Gasteiger partial charge is 0.347 e. The van der Waals surface area contributed by atoms with Gasteiger partial charge in [0.15, 0.2) is 6.10 Å². The van der Waals surface area contributed by atoms with Crippen molar-refractivity contribution >= 4 is 34.4 Å². The van der Waals surface area contributed by atoms with E-state index in [4.69, 9.17) is 21.1 Å². The van der Waals surface area contributed by atoms with Crippen molar-refractivity contribution in [2.45, 2.75) is 45.8 Å². The number of carbonyl (C=O) groups excluding carboxylic acids is 2. The molecule has 5 nitrogen and oxygen atoms in total. The quantitative estimate of drug-likeness (QED) is 0.817. The molecule has 2 aromatic rings. The number of halogens is 1. The van der Waals surface area contributed by atoms with Gasteiger partial charge in [-0.3, -0.25) is 4.79 Å². The topological polar surface area (TPSA) is 68.4 Å². The monoisotopic (exact) mass is 337 g/mol. The number of benzene rings is 1. The molecule has 0 unspecified atom stereocenters. The largest absolute Gasteiger partial charge is 0.460 e. The van der Waals surface area contributed by atoms with Crippen molar-refractivity contribution in [2.75, 3.05) is 0 Å². The van der Waals surface area contributed by atoms with E-state index in [2.05, 4.69) is 4.98 Å². The van der Waals surface area contributed by atoms with E-state index in [1.54, 1.807) is 19.2 Å². The fraction of sp³-hybridized carbons (Fsp3) is 0.412. The van der Waals surface area contributed by atoms with Crippen LogP contribution in [0, 0.1) is 0 Å². The van der Waals surface area contributed by atoms with Crippen LogP contribution in [0.5, 0.6) is 0 Å². The first-order chi connectivity index (χ1) is 10.9. The number of carbonyl (C=O) groups is 2. The van der Waals surface area contributed by atoms with Crippen molar-refractivity contribution in [1.82, 2.24) is 4.98 Å². The van der Waals surface area contributed by atoms with Gasteiger partial charge in [-0.05, 0) is 38.0 Å². The second kappa shape index (κ2) is 7.51. The van der Waals surface area contributed by atoms with Gasteiger partial charge in [0.1, 0.15) is 0 Å². The fourth-order valence-corrected chi connectivity index (χ4v) is 2.46. The standard InChI is InChI=1S/C17H20ClNO4/c1-4-10(2)22-17(21)11(3)23-15(20)8-12-9-19-14-7-5-6-13(18)16(12)14/h5-7,9-11,19H,4,8H2,1-3H3/t10-,11-/m0/s1. The number of ether oxygens (including phenoxy) is 2. The molecule has 124 valence electrons. The molecule has 0 spiro atoms. The molecule has 2 atom stereocenters. The summed E-state index contributed by atoms with van der Waals surface area (Å²) in [5.74, 6) is -1.04. The minimum absolute atomic E-state index is 0.0324. The zero-order valence-electron chi connectivity index (χ0n) is 13.4. The van der Waals surface area contributed by atoms with Gasteiger partial charge in [0, 0.05) is 17.1 Å². The van der Waals surface area contributed by atoms with Gasteiger partial charge in [0.25, 0.3) is 0 Å². The van der Waals surface area contributed by atoms with Gasteiger partial charge in [-0.1, -0.05) is 24.6 Å². The van der Waals surface area contributed by atoms with Gasteiger partial charge in [-0.15, -0.1) is 0 Å². The van der Waals surface area contributed by atoms with Crippen LogP contribution in [0.15, 0.2) is 24.4 Å². The van der Waals surface area contributed by atoms with Crippen LogP contribution in [0.25, 0.3) is 10.9 Å². The number of hydrogen-bond acceptors (Lipinski definition) is 4. The highest BCUT2D eigenvalue weighted by Crippen LogP contribution is 2.27. The van der Waals surface area contributed by atoms with Gasteiger partial charge in [0.05, 0.1) is 17.5 Å². The summed E-state index contributed by atoms with van der Waals surface area (Å²) in [4.78, 5) is 26.9. The van der Waals surface area contributed by atoms with E-state index in [1.807, 2.05) is 19.1 Å². The lowest BCUT2D eigenvalue weighted by Gasteiger charge is -2.16. The minimum Gasteiger partial charge on any atom is -0.460 e. The zero-order chi connectivity index (χ0) is 17.0. The first-order valence-electron chi connectivity index (χ1n) is 7.56. The summed E-state index contributed by atoms with van der Waals surface area (Å²) in [6, 6.07) is 5.47. The molecule has 0 aliphatic carbocycles. The second-order valence-electron chi connectivity index (χ2n) is 5.44. The summed E-state index contributed by atoms with van der Waals surface area (Å²) in [5.41, 5.74) is 1.59. The summed E-state index contributed by atoms with van der Waals surface area (Å²) < 4.78 is 10.3. The summed E-state index contributed by atoms with van der Waals surface area (Å²) in [7, 11) is 0. The van der Waals surface area contributed by atoms with Crippen molar-refractivity contribution < 1.29 is 19.1 Å². The third kappa shape index (κ3) is 4.26. The van der Waals surface area contributed by atoms with E-state index >= 15 is 0 Å². The molecule has 23 heavy (non-hydrogen) atoms. The molecule has 0 aliphatic heterocycles. The molecular weight excluding hydrogens is 318 g/mol. The highest BCUT2D eigenvalue weighted by Gasteiger charge is 2.22. The first-order valence-corrected chi connectivity index (χ1v) is 7.94. The molecule has 0 saturated carbocycles. The lowest BCUT2D eigenvalue weighted by Crippen LogP contribution is -2.29. The number of esters is 2. The van der Waals surface area contributed by atoms with Crippen LogP contribution in [0.3, 0.4) is 0 Å². The molecule has 0 bridgehead atoms. The van der Waals surface area contributed by atoms with Crippen molar-refractivity contribution in [1.29, 1.82) is 0 Å². The molecule has 0 fully saturated rings. The van der Waals surface area contributed by atoms with E-state index in [0.717, 1.165) is 16.5 Å². The predicted molar refractivity (Wildman–Crippen MR) is 88.4 cm³/mol. The van der Waals surface area contributed by atoms with Crippen molar-refractivity contribution in [3.63, 3.8) is 0 Å². The lowest BCUT2D eigenvalue weighted by atomic mass is 10.1. The van der Waals surface area contributed by atoms with Gasteiger partial charge < -0.3 is 14.5 Å². The van der Waals surface area contributed by atoms with Crippen LogP contribution < -0.4 is 0 Å². The third-order valence-electron chi connectivity index (χ3n) is 3.60. The van der Waals surface area contributed by atoms with Crippen LogP contribution in [0.1, 0.15) is 32.8 Å². The average molecular weight is 338 g/mol. The number of H-pyrrole nitrogens is 1. The third-order valence-corrected chi connectivity index (χ3v) is 3.92. The van der Waals surface area contributed by atoms with E-state index in [1.165, 1.54) is 6.92 Å².